The lowest BCUT2D eigenvalue weighted by Crippen LogP contribution is -2.37. The van der Waals surface area contributed by atoms with Crippen molar-refractivity contribution < 1.29 is 14.2 Å². The molecule has 0 saturated carbocycles. The summed E-state index contributed by atoms with van der Waals surface area (Å²) in [7, 11) is 0. The summed E-state index contributed by atoms with van der Waals surface area (Å²) < 4.78 is 17.4. The fraction of sp³-hybridized carbons (Fsp3) is 0.368. The van der Waals surface area contributed by atoms with E-state index >= 15 is 0 Å². The summed E-state index contributed by atoms with van der Waals surface area (Å²) in [6.45, 7) is 4.65. The van der Waals surface area contributed by atoms with Gasteiger partial charge in [-0.3, -0.25) is 0 Å². The van der Waals surface area contributed by atoms with Crippen molar-refractivity contribution in [1.82, 2.24) is 0 Å². The minimum Gasteiger partial charge on any atom is -0.454 e. The van der Waals surface area contributed by atoms with Crippen molar-refractivity contribution in [3.8, 4) is 11.5 Å². The predicted molar refractivity (Wildman–Crippen MR) is 88.7 cm³/mol. The molecule has 0 bridgehead atoms. The summed E-state index contributed by atoms with van der Waals surface area (Å²) in [6, 6.07) is 14.4. The molecular formula is C19H21NO3. The van der Waals surface area contributed by atoms with E-state index in [1.165, 1.54) is 5.56 Å². The Morgan fingerprint density at radius 1 is 1.04 bits per heavy atom. The molecule has 2 heterocycles. The Kier molecular flexibility index (Phi) is 3.42. The normalized spacial score (nSPS) is 20.7. The number of para-hydroxylation sites is 1. The van der Waals surface area contributed by atoms with Gasteiger partial charge in [0.05, 0.1) is 5.60 Å². The van der Waals surface area contributed by atoms with E-state index in [-0.39, 0.29) is 18.6 Å². The maximum absolute atomic E-state index is 6.54. The number of rotatable bonds is 3. The maximum atomic E-state index is 6.54. The van der Waals surface area contributed by atoms with Crippen LogP contribution in [-0.4, -0.2) is 6.79 Å². The third-order valence-electron chi connectivity index (χ3n) is 4.89. The number of nitrogens with one attached hydrogen (secondary N) is 1. The number of hydrogen-bond donors (Lipinski definition) is 1. The van der Waals surface area contributed by atoms with Crippen molar-refractivity contribution >= 4 is 5.69 Å². The van der Waals surface area contributed by atoms with Gasteiger partial charge < -0.3 is 19.5 Å². The fourth-order valence-corrected chi connectivity index (χ4v) is 3.49. The molecule has 2 aromatic carbocycles. The van der Waals surface area contributed by atoms with Crippen LogP contribution in [-0.2, 0) is 10.3 Å². The molecule has 0 aromatic heterocycles. The van der Waals surface area contributed by atoms with Gasteiger partial charge in [-0.15, -0.1) is 0 Å². The first-order valence-electron chi connectivity index (χ1n) is 8.19. The lowest BCUT2D eigenvalue weighted by atomic mass is 9.85. The van der Waals surface area contributed by atoms with Gasteiger partial charge in [0.1, 0.15) is 0 Å². The molecule has 0 amide bonds. The third-order valence-corrected chi connectivity index (χ3v) is 4.89. The first-order chi connectivity index (χ1) is 11.3. The van der Waals surface area contributed by atoms with Crippen LogP contribution < -0.4 is 14.8 Å². The molecule has 0 fully saturated rings. The van der Waals surface area contributed by atoms with Gasteiger partial charge in [-0.1, -0.05) is 38.1 Å². The van der Waals surface area contributed by atoms with Gasteiger partial charge in [-0.25, -0.2) is 0 Å². The van der Waals surface area contributed by atoms with E-state index in [4.69, 9.17) is 14.2 Å². The summed E-state index contributed by atoms with van der Waals surface area (Å²) in [5.74, 6) is 1.58. The molecule has 0 spiro atoms. The molecule has 1 unspecified atom stereocenters. The van der Waals surface area contributed by atoms with Crippen molar-refractivity contribution in [2.75, 3.05) is 12.1 Å². The van der Waals surface area contributed by atoms with Crippen LogP contribution in [0.5, 0.6) is 11.5 Å². The molecule has 23 heavy (non-hydrogen) atoms. The Morgan fingerprint density at radius 2 is 1.83 bits per heavy atom. The second-order valence-electron chi connectivity index (χ2n) is 6.00. The van der Waals surface area contributed by atoms with E-state index in [9.17, 15) is 0 Å². The standard InChI is InChI=1S/C19H21NO3/c1-3-19(4-2)14-7-5-6-8-15(14)20-18(23-19)13-9-10-16-17(11-13)22-12-21-16/h5-11,18,20H,3-4,12H2,1-2H3. The highest BCUT2D eigenvalue weighted by Gasteiger charge is 2.39. The number of ether oxygens (including phenoxy) is 3. The monoisotopic (exact) mass is 311 g/mol. The molecule has 4 rings (SSSR count). The van der Waals surface area contributed by atoms with Crippen LogP contribution in [0.15, 0.2) is 42.5 Å². The lowest BCUT2D eigenvalue weighted by molar-refractivity contribution is -0.103. The summed E-state index contributed by atoms with van der Waals surface area (Å²) >= 11 is 0. The summed E-state index contributed by atoms with van der Waals surface area (Å²) in [5, 5.41) is 3.51. The molecule has 1 N–H and O–H groups in total. The second kappa shape index (κ2) is 5.46. The number of benzene rings is 2. The van der Waals surface area contributed by atoms with Crippen molar-refractivity contribution in [1.29, 1.82) is 0 Å². The average molecular weight is 311 g/mol. The Hall–Kier alpha value is -2.20. The van der Waals surface area contributed by atoms with Crippen LogP contribution in [0.4, 0.5) is 5.69 Å². The second-order valence-corrected chi connectivity index (χ2v) is 6.00. The lowest BCUT2D eigenvalue weighted by Gasteiger charge is -2.43. The summed E-state index contributed by atoms with van der Waals surface area (Å²) in [5.41, 5.74) is 3.17. The van der Waals surface area contributed by atoms with Gasteiger partial charge >= 0.3 is 0 Å². The number of fused-ring (bicyclic) bond motifs is 2. The molecule has 120 valence electrons. The topological polar surface area (TPSA) is 39.7 Å². The summed E-state index contributed by atoms with van der Waals surface area (Å²) in [6.07, 6.45) is 1.67. The highest BCUT2D eigenvalue weighted by Crippen LogP contribution is 2.46. The molecule has 2 aromatic rings. The Morgan fingerprint density at radius 3 is 2.65 bits per heavy atom. The van der Waals surface area contributed by atoms with Crippen molar-refractivity contribution in [2.45, 2.75) is 38.5 Å². The quantitative estimate of drug-likeness (QED) is 0.901. The van der Waals surface area contributed by atoms with E-state index in [0.717, 1.165) is 35.6 Å². The SMILES string of the molecule is CCC1(CC)OC(c2ccc3c(c2)OCO3)Nc2ccccc21. The van der Waals surface area contributed by atoms with Crippen LogP contribution in [0.1, 0.15) is 44.0 Å². The largest absolute Gasteiger partial charge is 0.454 e. The van der Waals surface area contributed by atoms with E-state index in [1.54, 1.807) is 0 Å². The minimum atomic E-state index is -0.261. The highest BCUT2D eigenvalue weighted by molar-refractivity contribution is 5.57. The Labute approximate surface area is 136 Å². The van der Waals surface area contributed by atoms with E-state index in [0.29, 0.717) is 0 Å². The Balaban J connectivity index is 1.74. The van der Waals surface area contributed by atoms with E-state index in [2.05, 4.69) is 43.4 Å². The zero-order valence-electron chi connectivity index (χ0n) is 13.5. The molecule has 0 aliphatic carbocycles. The Bertz CT molecular complexity index is 724. The minimum absolute atomic E-state index is 0.195. The van der Waals surface area contributed by atoms with Crippen LogP contribution in [0.3, 0.4) is 0 Å². The number of hydrogen-bond acceptors (Lipinski definition) is 4. The fourth-order valence-electron chi connectivity index (χ4n) is 3.49. The zero-order valence-corrected chi connectivity index (χ0v) is 13.5. The molecule has 0 saturated heterocycles. The van der Waals surface area contributed by atoms with Crippen LogP contribution in [0.2, 0.25) is 0 Å². The van der Waals surface area contributed by atoms with Gasteiger partial charge in [0.25, 0.3) is 0 Å². The van der Waals surface area contributed by atoms with Crippen LogP contribution in [0, 0.1) is 0 Å². The van der Waals surface area contributed by atoms with Crippen LogP contribution in [0.25, 0.3) is 0 Å². The first-order valence-corrected chi connectivity index (χ1v) is 8.19. The van der Waals surface area contributed by atoms with E-state index < -0.39 is 0 Å². The molecule has 4 heteroatoms. The van der Waals surface area contributed by atoms with Crippen molar-refractivity contribution in [3.05, 3.63) is 53.6 Å². The molecule has 4 nitrogen and oxygen atoms in total. The van der Waals surface area contributed by atoms with Gasteiger partial charge in [-0.05, 0) is 31.0 Å². The van der Waals surface area contributed by atoms with Crippen LogP contribution >= 0.6 is 0 Å². The van der Waals surface area contributed by atoms with Gasteiger partial charge in [0, 0.05) is 16.8 Å². The maximum Gasteiger partial charge on any atom is 0.231 e. The molecular weight excluding hydrogens is 290 g/mol. The highest BCUT2D eigenvalue weighted by atomic mass is 16.7. The molecule has 2 aliphatic rings. The molecule has 2 aliphatic heterocycles. The first kappa shape index (κ1) is 14.4. The van der Waals surface area contributed by atoms with Gasteiger partial charge in [-0.2, -0.15) is 0 Å². The smallest absolute Gasteiger partial charge is 0.231 e. The van der Waals surface area contributed by atoms with Crippen molar-refractivity contribution in [3.63, 3.8) is 0 Å². The molecule has 0 radical (unpaired) electrons. The molecule has 1 atom stereocenters. The summed E-state index contributed by atoms with van der Waals surface area (Å²) in [4.78, 5) is 0. The number of anilines is 1. The third kappa shape index (κ3) is 2.25. The zero-order chi connectivity index (χ0) is 15.9. The van der Waals surface area contributed by atoms with Gasteiger partial charge in [0.2, 0.25) is 6.79 Å². The van der Waals surface area contributed by atoms with E-state index in [1.807, 2.05) is 18.2 Å². The average Bonchev–Trinajstić information content (AvgIpc) is 3.08. The predicted octanol–water partition coefficient (Wildman–Crippen LogP) is 4.57. The van der Waals surface area contributed by atoms with Gasteiger partial charge in [0.15, 0.2) is 17.7 Å². The van der Waals surface area contributed by atoms with Crippen molar-refractivity contribution in [2.24, 2.45) is 0 Å².